The van der Waals surface area contributed by atoms with Gasteiger partial charge in [-0.3, -0.25) is 9.78 Å². The third-order valence-corrected chi connectivity index (χ3v) is 5.66. The van der Waals surface area contributed by atoms with Gasteiger partial charge in [-0.1, -0.05) is 23.2 Å². The summed E-state index contributed by atoms with van der Waals surface area (Å²) >= 11 is 13.1. The van der Waals surface area contributed by atoms with Crippen molar-refractivity contribution >= 4 is 46.6 Å². The number of carbonyl (C=O) groups is 1. The van der Waals surface area contributed by atoms with Gasteiger partial charge in [0.1, 0.15) is 10.7 Å². The zero-order valence-corrected chi connectivity index (χ0v) is 17.7. The van der Waals surface area contributed by atoms with Gasteiger partial charge in [0.25, 0.3) is 0 Å². The van der Waals surface area contributed by atoms with Gasteiger partial charge in [0.15, 0.2) is 5.15 Å². The monoisotopic (exact) mass is 475 g/mol. The van der Waals surface area contributed by atoms with Crippen LogP contribution in [0.5, 0.6) is 0 Å². The highest BCUT2D eigenvalue weighted by atomic mass is 35.5. The molecule has 12 heteroatoms. The second kappa shape index (κ2) is 9.23. The van der Waals surface area contributed by atoms with E-state index in [0.717, 1.165) is 24.0 Å². The van der Waals surface area contributed by atoms with Crippen LogP contribution in [-0.2, 0) is 11.0 Å². The zero-order chi connectivity index (χ0) is 21.9. The minimum absolute atomic E-state index is 0.0919. The van der Waals surface area contributed by atoms with Gasteiger partial charge in [0, 0.05) is 31.6 Å². The second-order valence-electron chi connectivity index (χ2n) is 6.02. The maximum absolute atomic E-state index is 12.7. The highest BCUT2D eigenvalue weighted by Crippen LogP contribution is 2.34. The topological polar surface area (TPSA) is 63.9 Å². The summed E-state index contributed by atoms with van der Waals surface area (Å²) in [6.07, 6.45) is 1.13. The third kappa shape index (κ3) is 5.24. The molecule has 3 heterocycles. The average molecular weight is 476 g/mol. The molecule has 0 bridgehead atoms. The smallest absolute Gasteiger partial charge is 0.311 e. The molecule has 0 atom stereocenters. The van der Waals surface area contributed by atoms with Crippen molar-refractivity contribution in [2.45, 2.75) is 17.6 Å². The lowest BCUT2D eigenvalue weighted by atomic mass is 10.3. The Bertz CT molecular complexity index is 1050. The first kappa shape index (κ1) is 22.4. The maximum atomic E-state index is 12.7. The van der Waals surface area contributed by atoms with Crippen LogP contribution in [0, 0.1) is 0 Å². The van der Waals surface area contributed by atoms with Crippen molar-refractivity contribution in [3.05, 3.63) is 58.7 Å². The molecular formula is C18H14Cl2F3N5OS. The van der Waals surface area contributed by atoms with Crippen molar-refractivity contribution in [3.8, 4) is 5.69 Å². The van der Waals surface area contributed by atoms with Gasteiger partial charge in [-0.25, -0.2) is 9.67 Å². The summed E-state index contributed by atoms with van der Waals surface area (Å²) in [5.41, 5.74) is 0.180. The highest BCUT2D eigenvalue weighted by Gasteiger charge is 2.31. The van der Waals surface area contributed by atoms with E-state index in [2.05, 4.69) is 15.1 Å². The fraction of sp³-hybridized carbons (Fsp3) is 0.222. The van der Waals surface area contributed by atoms with Gasteiger partial charge in [-0.2, -0.15) is 18.3 Å². The number of carbonyl (C=O) groups excluding carboxylic acids is 1. The Morgan fingerprint density at radius 2 is 2.07 bits per heavy atom. The number of halogens is 5. The molecule has 0 unspecified atom stereocenters. The van der Waals surface area contributed by atoms with Crippen LogP contribution >= 0.6 is 35.0 Å². The maximum Gasteiger partial charge on any atom is 0.417 e. The van der Waals surface area contributed by atoms with E-state index in [4.69, 9.17) is 23.2 Å². The quantitative estimate of drug-likeness (QED) is 0.462. The Kier molecular flexibility index (Phi) is 6.89. The molecule has 0 radical (unpaired) electrons. The molecular weight excluding hydrogens is 462 g/mol. The first-order valence-corrected chi connectivity index (χ1v) is 10.2. The van der Waals surface area contributed by atoms with Crippen LogP contribution in [0.3, 0.4) is 0 Å². The van der Waals surface area contributed by atoms with Crippen LogP contribution in [0.15, 0.2) is 48.0 Å². The average Bonchev–Trinajstić information content (AvgIpc) is 3.10. The molecule has 0 N–H and O–H groups in total. The Morgan fingerprint density at radius 1 is 1.30 bits per heavy atom. The first-order chi connectivity index (χ1) is 14.2. The van der Waals surface area contributed by atoms with Gasteiger partial charge in [0.05, 0.1) is 28.7 Å². The molecule has 6 nitrogen and oxygen atoms in total. The number of anilines is 1. The largest absolute Gasteiger partial charge is 0.417 e. The predicted molar refractivity (Wildman–Crippen MR) is 109 cm³/mol. The molecule has 158 valence electrons. The lowest BCUT2D eigenvalue weighted by Crippen LogP contribution is -2.26. The van der Waals surface area contributed by atoms with E-state index < -0.39 is 11.7 Å². The van der Waals surface area contributed by atoms with E-state index in [1.807, 2.05) is 0 Å². The summed E-state index contributed by atoms with van der Waals surface area (Å²) in [7, 11) is 1.56. The van der Waals surface area contributed by atoms with Crippen LogP contribution in [0.2, 0.25) is 10.2 Å². The summed E-state index contributed by atoms with van der Waals surface area (Å²) in [5, 5.41) is 4.43. The van der Waals surface area contributed by atoms with Crippen molar-refractivity contribution < 1.29 is 18.0 Å². The van der Waals surface area contributed by atoms with E-state index in [0.29, 0.717) is 11.4 Å². The fourth-order valence-corrected chi connectivity index (χ4v) is 3.80. The number of hydrogen-bond donors (Lipinski definition) is 0. The molecule has 0 aliphatic carbocycles. The molecule has 0 aromatic carbocycles. The Morgan fingerprint density at radius 3 is 2.70 bits per heavy atom. The molecule has 1 amide bonds. The summed E-state index contributed by atoms with van der Waals surface area (Å²) < 4.78 is 39.5. The number of rotatable bonds is 6. The van der Waals surface area contributed by atoms with Gasteiger partial charge >= 0.3 is 6.18 Å². The van der Waals surface area contributed by atoms with E-state index in [9.17, 15) is 18.0 Å². The molecule has 0 fully saturated rings. The fourth-order valence-electron chi connectivity index (χ4n) is 2.41. The van der Waals surface area contributed by atoms with Crippen LogP contribution in [0.4, 0.5) is 18.9 Å². The van der Waals surface area contributed by atoms with Crippen LogP contribution < -0.4 is 4.90 Å². The van der Waals surface area contributed by atoms with Crippen LogP contribution in [0.25, 0.3) is 5.69 Å². The molecule has 3 aromatic rings. The van der Waals surface area contributed by atoms with Gasteiger partial charge in [-0.05, 0) is 18.2 Å². The normalized spacial score (nSPS) is 11.5. The van der Waals surface area contributed by atoms with Gasteiger partial charge in [-0.15, -0.1) is 11.8 Å². The molecule has 3 rings (SSSR count). The van der Waals surface area contributed by atoms with Crippen LogP contribution in [-0.4, -0.2) is 38.5 Å². The zero-order valence-electron chi connectivity index (χ0n) is 15.4. The Labute approximate surface area is 184 Å². The number of aromatic nitrogens is 4. The Balaban J connectivity index is 1.61. The van der Waals surface area contributed by atoms with Gasteiger partial charge < -0.3 is 4.90 Å². The lowest BCUT2D eigenvalue weighted by molar-refractivity contribution is -0.137. The number of pyridine rings is 2. The SMILES string of the molecule is CN(C(=O)CCSc1ncc(C(F)(F)F)cc1Cl)c1cn(-c2cccnc2)nc1Cl. The number of amides is 1. The Hall–Kier alpha value is -2.30. The predicted octanol–water partition coefficient (Wildman–Crippen LogP) is 5.13. The van der Waals surface area contributed by atoms with E-state index in [-0.39, 0.29) is 33.3 Å². The van der Waals surface area contributed by atoms with Gasteiger partial charge in [0.2, 0.25) is 5.91 Å². The highest BCUT2D eigenvalue weighted by molar-refractivity contribution is 7.99. The standard InChI is InChI=1S/C18H14Cl2F3N5OS/c1-27(14-10-28(26-16(14)20)12-3-2-5-24-9-12)15(29)4-6-30-17-13(19)7-11(8-25-17)18(21,22)23/h2-3,5,7-10H,4,6H2,1H3. The lowest BCUT2D eigenvalue weighted by Gasteiger charge is -2.15. The van der Waals surface area contributed by atoms with Crippen LogP contribution in [0.1, 0.15) is 12.0 Å². The minimum Gasteiger partial charge on any atom is -0.311 e. The van der Waals surface area contributed by atoms with Crippen molar-refractivity contribution in [2.24, 2.45) is 0 Å². The van der Waals surface area contributed by atoms with E-state index in [1.165, 1.54) is 9.58 Å². The molecule has 3 aromatic heterocycles. The molecule has 0 saturated heterocycles. The van der Waals surface area contributed by atoms with E-state index in [1.54, 1.807) is 37.8 Å². The summed E-state index contributed by atoms with van der Waals surface area (Å²) in [5.74, 6) is 0.0217. The number of hydrogen-bond acceptors (Lipinski definition) is 5. The van der Waals surface area contributed by atoms with Crippen molar-refractivity contribution in [1.29, 1.82) is 0 Å². The van der Waals surface area contributed by atoms with Crippen molar-refractivity contribution in [2.75, 3.05) is 17.7 Å². The second-order valence-corrected chi connectivity index (χ2v) is 7.87. The molecule has 0 saturated carbocycles. The molecule has 30 heavy (non-hydrogen) atoms. The third-order valence-electron chi connectivity index (χ3n) is 3.99. The summed E-state index contributed by atoms with van der Waals surface area (Å²) in [6.45, 7) is 0. The summed E-state index contributed by atoms with van der Waals surface area (Å²) in [4.78, 5) is 21.6. The van der Waals surface area contributed by atoms with Crippen molar-refractivity contribution in [3.63, 3.8) is 0 Å². The number of nitrogens with zero attached hydrogens (tertiary/aromatic N) is 5. The molecule has 0 aliphatic heterocycles. The minimum atomic E-state index is -4.52. The molecule has 0 aliphatic rings. The summed E-state index contributed by atoms with van der Waals surface area (Å²) in [6, 6.07) is 4.36. The van der Waals surface area contributed by atoms with Crippen molar-refractivity contribution in [1.82, 2.24) is 19.7 Å². The molecule has 0 spiro atoms. The first-order valence-electron chi connectivity index (χ1n) is 8.44. The number of thioether (sulfide) groups is 1. The number of alkyl halides is 3. The van der Waals surface area contributed by atoms with E-state index >= 15 is 0 Å².